The molecule has 0 saturated heterocycles. The molecule has 0 aliphatic carbocycles. The van der Waals surface area contributed by atoms with Crippen molar-refractivity contribution in [1.82, 2.24) is 14.8 Å². The number of hydrogen-bond acceptors (Lipinski definition) is 7. The van der Waals surface area contributed by atoms with Gasteiger partial charge in [0.15, 0.2) is 5.76 Å². The van der Waals surface area contributed by atoms with Gasteiger partial charge < -0.3 is 20.2 Å². The summed E-state index contributed by atoms with van der Waals surface area (Å²) in [7, 11) is 0. The van der Waals surface area contributed by atoms with Gasteiger partial charge in [-0.05, 0) is 74.7 Å². The maximum absolute atomic E-state index is 13.8. The van der Waals surface area contributed by atoms with Crippen LogP contribution in [0, 0.1) is 20.8 Å². The van der Waals surface area contributed by atoms with Crippen LogP contribution in [0.4, 0.5) is 18.9 Å². The Morgan fingerprint density at radius 3 is 2.43 bits per heavy atom. The number of aromatic nitrogens is 3. The van der Waals surface area contributed by atoms with Crippen molar-refractivity contribution < 1.29 is 31.9 Å². The van der Waals surface area contributed by atoms with Crippen molar-refractivity contribution in [2.75, 3.05) is 5.32 Å². The number of fused-ring (bicyclic) bond motifs is 1. The molecule has 0 fully saturated rings. The second kappa shape index (κ2) is 11.0. The topological polar surface area (TPSA) is 125 Å². The zero-order valence-corrected chi connectivity index (χ0v) is 23.9. The third-order valence-electron chi connectivity index (χ3n) is 6.44. The molecule has 0 unspecified atom stereocenters. The molecule has 5 rings (SSSR count). The van der Waals surface area contributed by atoms with Crippen molar-refractivity contribution in [1.29, 1.82) is 0 Å². The highest BCUT2D eigenvalue weighted by Crippen LogP contribution is 2.44. The largest absolute Gasteiger partial charge is 0.486 e. The molecule has 0 saturated carbocycles. The average molecular weight is 598 g/mol. The summed E-state index contributed by atoms with van der Waals surface area (Å²) in [6, 6.07) is 9.65. The van der Waals surface area contributed by atoms with Crippen LogP contribution in [-0.4, -0.2) is 26.6 Å². The van der Waals surface area contributed by atoms with Gasteiger partial charge in [0, 0.05) is 23.7 Å². The lowest BCUT2D eigenvalue weighted by Gasteiger charge is -2.11. The predicted octanol–water partition coefficient (Wildman–Crippen LogP) is 6.65. The van der Waals surface area contributed by atoms with E-state index in [-0.39, 0.29) is 38.7 Å². The van der Waals surface area contributed by atoms with E-state index < -0.39 is 23.7 Å². The highest BCUT2D eigenvalue weighted by atomic mass is 32.1. The number of benzene rings is 1. The summed E-state index contributed by atoms with van der Waals surface area (Å²) in [6.45, 7) is 7.93. The van der Waals surface area contributed by atoms with Crippen molar-refractivity contribution in [3.8, 4) is 16.9 Å². The summed E-state index contributed by atoms with van der Waals surface area (Å²) in [4.78, 5) is 29.2. The van der Waals surface area contributed by atoms with E-state index in [1.165, 1.54) is 6.07 Å². The fraction of sp³-hybridized carbons (Fsp3) is 0.241. The lowest BCUT2D eigenvalue weighted by atomic mass is 10.0. The lowest BCUT2D eigenvalue weighted by molar-refractivity contribution is -0.140. The summed E-state index contributed by atoms with van der Waals surface area (Å²) in [6.07, 6.45) is -3.16. The zero-order chi connectivity index (χ0) is 30.3. The summed E-state index contributed by atoms with van der Waals surface area (Å²) in [5.41, 5.74) is 7.41. The number of amides is 2. The zero-order valence-electron chi connectivity index (χ0n) is 23.0. The Morgan fingerprint density at radius 1 is 1.10 bits per heavy atom. The van der Waals surface area contributed by atoms with E-state index in [2.05, 4.69) is 15.4 Å². The molecule has 42 heavy (non-hydrogen) atoms. The molecule has 0 bridgehead atoms. The molecule has 0 radical (unpaired) electrons. The molecule has 4 heterocycles. The van der Waals surface area contributed by atoms with E-state index in [1.807, 2.05) is 39.0 Å². The first-order chi connectivity index (χ1) is 19.8. The van der Waals surface area contributed by atoms with Crippen LogP contribution in [0.1, 0.15) is 55.4 Å². The van der Waals surface area contributed by atoms with Crippen LogP contribution in [-0.2, 0) is 19.3 Å². The molecule has 5 aromatic rings. The Bertz CT molecular complexity index is 1820. The second-order valence-corrected chi connectivity index (χ2v) is 10.7. The SMILES string of the molecule is CCn1cc(-c2cc(C(F)(F)F)nc3sc(C(N)=O)c(NC(=O)c4ccc(COc5cc(C)cc(C)c5)o4)c23)c(C)n1. The molecule has 1 aromatic carbocycles. The molecular formula is C29H26F3N5O4S. The summed E-state index contributed by atoms with van der Waals surface area (Å²) in [5, 5.41) is 7.12. The monoisotopic (exact) mass is 597 g/mol. The number of nitrogens with one attached hydrogen (secondary N) is 1. The van der Waals surface area contributed by atoms with Gasteiger partial charge in [-0.25, -0.2) is 4.98 Å². The number of furan rings is 1. The fourth-order valence-corrected chi connectivity index (χ4v) is 5.62. The highest BCUT2D eigenvalue weighted by molar-refractivity contribution is 7.21. The van der Waals surface area contributed by atoms with Crippen LogP contribution in [0.5, 0.6) is 5.75 Å². The Kier molecular flexibility index (Phi) is 7.54. The molecule has 0 aliphatic rings. The van der Waals surface area contributed by atoms with Crippen molar-refractivity contribution >= 4 is 39.1 Å². The van der Waals surface area contributed by atoms with E-state index in [1.54, 1.807) is 23.9 Å². The Balaban J connectivity index is 1.53. The number of rotatable bonds is 8. The number of primary amides is 1. The van der Waals surface area contributed by atoms with Gasteiger partial charge in [0.1, 0.15) is 33.5 Å². The van der Waals surface area contributed by atoms with E-state index in [0.717, 1.165) is 17.2 Å². The van der Waals surface area contributed by atoms with Crippen LogP contribution in [0.3, 0.4) is 0 Å². The quantitative estimate of drug-likeness (QED) is 0.206. The number of hydrogen-bond donors (Lipinski definition) is 2. The van der Waals surface area contributed by atoms with Gasteiger partial charge in [0.05, 0.1) is 11.4 Å². The Hall–Kier alpha value is -4.65. The standard InChI is InChI=1S/C29H26F3N5O4S/c1-5-37-12-20(16(4)36-37)19-11-22(29(30,31)32)34-28-23(19)24(25(42-28)26(33)38)35-27(39)21-7-6-17(41-21)13-40-18-9-14(2)8-15(3)10-18/h6-12H,5,13H2,1-4H3,(H2,33,38)(H,35,39). The van der Waals surface area contributed by atoms with Gasteiger partial charge in [0.25, 0.3) is 11.8 Å². The van der Waals surface area contributed by atoms with E-state index in [4.69, 9.17) is 14.9 Å². The van der Waals surface area contributed by atoms with Crippen molar-refractivity contribution in [2.24, 2.45) is 5.73 Å². The summed E-state index contributed by atoms with van der Waals surface area (Å²) < 4.78 is 54.5. The molecule has 0 atom stereocenters. The van der Waals surface area contributed by atoms with Gasteiger partial charge >= 0.3 is 6.18 Å². The van der Waals surface area contributed by atoms with E-state index >= 15 is 0 Å². The number of anilines is 1. The first-order valence-electron chi connectivity index (χ1n) is 12.8. The number of nitrogens with two attached hydrogens (primary N) is 1. The summed E-state index contributed by atoms with van der Waals surface area (Å²) in [5.74, 6) is -0.757. The van der Waals surface area contributed by atoms with Crippen molar-refractivity contribution in [3.63, 3.8) is 0 Å². The minimum absolute atomic E-state index is 0.0546. The second-order valence-electron chi connectivity index (χ2n) is 9.72. The van der Waals surface area contributed by atoms with Crippen LogP contribution in [0.2, 0.25) is 0 Å². The molecule has 3 N–H and O–H groups in total. The molecule has 218 valence electrons. The van der Waals surface area contributed by atoms with E-state index in [9.17, 15) is 22.8 Å². The van der Waals surface area contributed by atoms with Gasteiger partial charge in [-0.2, -0.15) is 18.3 Å². The van der Waals surface area contributed by atoms with Gasteiger partial charge in [-0.15, -0.1) is 11.3 Å². The lowest BCUT2D eigenvalue weighted by Crippen LogP contribution is -2.16. The number of thiophene rings is 1. The average Bonchev–Trinajstić information content (AvgIpc) is 3.63. The number of alkyl halides is 3. The van der Waals surface area contributed by atoms with Crippen LogP contribution < -0.4 is 15.8 Å². The van der Waals surface area contributed by atoms with Gasteiger partial charge in [0.2, 0.25) is 0 Å². The van der Waals surface area contributed by atoms with Crippen molar-refractivity contribution in [2.45, 2.75) is 47.0 Å². The van der Waals surface area contributed by atoms with Gasteiger partial charge in [-0.3, -0.25) is 14.3 Å². The normalized spacial score (nSPS) is 11.7. The molecule has 0 spiro atoms. The third kappa shape index (κ3) is 5.73. The first kappa shape index (κ1) is 28.9. The minimum Gasteiger partial charge on any atom is -0.486 e. The van der Waals surface area contributed by atoms with Gasteiger partial charge in [-0.1, -0.05) is 6.07 Å². The number of carbonyl (C=O) groups is 2. The Morgan fingerprint density at radius 2 is 1.81 bits per heavy atom. The number of ether oxygens (including phenoxy) is 1. The molecule has 9 nitrogen and oxygen atoms in total. The number of aryl methyl sites for hydroxylation is 4. The predicted molar refractivity (Wildman–Crippen MR) is 152 cm³/mol. The number of nitrogens with zero attached hydrogens (tertiary/aromatic N) is 3. The number of pyridine rings is 1. The maximum Gasteiger partial charge on any atom is 0.433 e. The minimum atomic E-state index is -4.76. The molecular weight excluding hydrogens is 571 g/mol. The fourth-order valence-electron chi connectivity index (χ4n) is 4.62. The number of halogens is 3. The smallest absolute Gasteiger partial charge is 0.433 e. The van der Waals surface area contributed by atoms with E-state index in [0.29, 0.717) is 40.6 Å². The Labute approximate surface area is 242 Å². The number of carbonyl (C=O) groups excluding carboxylic acids is 2. The third-order valence-corrected chi connectivity index (χ3v) is 7.54. The molecule has 2 amide bonds. The highest BCUT2D eigenvalue weighted by Gasteiger charge is 2.35. The van der Waals surface area contributed by atoms with Crippen molar-refractivity contribution in [3.05, 3.63) is 81.5 Å². The van der Waals surface area contributed by atoms with Crippen LogP contribution in [0.15, 0.2) is 47.0 Å². The molecule has 4 aromatic heterocycles. The maximum atomic E-state index is 13.8. The van der Waals surface area contributed by atoms with Crippen LogP contribution in [0.25, 0.3) is 21.3 Å². The molecule has 13 heteroatoms. The van der Waals surface area contributed by atoms with Crippen LogP contribution >= 0.6 is 11.3 Å². The first-order valence-corrected chi connectivity index (χ1v) is 13.7. The molecule has 0 aliphatic heterocycles. The summed E-state index contributed by atoms with van der Waals surface area (Å²) >= 11 is 0.662.